The number of hydrogen-bond acceptors (Lipinski definition) is 17. The number of nitrogens with zero attached hydrogens (tertiary/aromatic N) is 3. The minimum Gasteiger partial charge on any atom is -0.463 e. The van der Waals surface area contributed by atoms with Gasteiger partial charge < -0.3 is 47.4 Å². The van der Waals surface area contributed by atoms with Crippen molar-refractivity contribution in [2.45, 2.75) is 129 Å². The Labute approximate surface area is 284 Å². The van der Waals surface area contributed by atoms with Crippen LogP contribution in [0.5, 0.6) is 0 Å². The van der Waals surface area contributed by atoms with Crippen molar-refractivity contribution in [3.8, 4) is 0 Å². The summed E-state index contributed by atoms with van der Waals surface area (Å²) >= 11 is 0. The summed E-state index contributed by atoms with van der Waals surface area (Å²) in [6.07, 6.45) is -13.4. The van der Waals surface area contributed by atoms with Crippen LogP contribution in [0.3, 0.4) is 0 Å². The van der Waals surface area contributed by atoms with Crippen LogP contribution in [0.25, 0.3) is 10.4 Å². The van der Waals surface area contributed by atoms with Gasteiger partial charge in [-0.3, -0.25) is 28.8 Å². The van der Waals surface area contributed by atoms with Crippen molar-refractivity contribution in [3.63, 3.8) is 0 Å². The van der Waals surface area contributed by atoms with Gasteiger partial charge in [-0.15, -0.1) is 0 Å². The fourth-order valence-corrected chi connectivity index (χ4v) is 5.70. The Morgan fingerprint density at radius 1 is 0.633 bits per heavy atom. The topological polar surface area (TPSA) is 243 Å². The van der Waals surface area contributed by atoms with Gasteiger partial charge >= 0.3 is 35.8 Å². The Kier molecular flexibility index (Phi) is 15.9. The second-order valence-electron chi connectivity index (χ2n) is 12.5. The molecule has 2 saturated heterocycles. The van der Waals surface area contributed by atoms with Crippen molar-refractivity contribution < 1.29 is 76.1 Å². The third-order valence-corrected chi connectivity index (χ3v) is 8.63. The monoisotopic (exact) mass is 719 g/mol. The van der Waals surface area contributed by atoms with Gasteiger partial charge in [-0.2, -0.15) is 0 Å². The Hall–Kier alpha value is -3.81. The number of ether oxygens (including phenoxy) is 10. The summed E-state index contributed by atoms with van der Waals surface area (Å²) < 4.78 is 56.7. The molecule has 2 rings (SSSR count). The molecule has 0 aromatic carbocycles. The third kappa shape index (κ3) is 13.5. The molecule has 2 aliphatic heterocycles. The molecule has 0 amide bonds. The SMILES string of the molecule is CC(=O)OC[C@H]1O[C@@H](O[C@@H]2[C@@H](N=[N+]=[N-])[C@H](OCC[Si](C)(C)C)O[C@H](COC(C)=O)[C@@H]2OC(C)=O)[C@H](OC(C)=O)[C@@H](OC(C)=O)[C@H]1OC(C)=O. The van der Waals surface area contributed by atoms with Gasteiger partial charge in [0.15, 0.2) is 37.0 Å². The van der Waals surface area contributed by atoms with E-state index in [0.29, 0.717) is 6.04 Å². The molecule has 0 bridgehead atoms. The van der Waals surface area contributed by atoms with Crippen molar-refractivity contribution >= 4 is 43.9 Å². The van der Waals surface area contributed by atoms with E-state index < -0.39 is 118 Å². The first-order valence-corrected chi connectivity index (χ1v) is 19.1. The second-order valence-corrected chi connectivity index (χ2v) is 18.1. The molecule has 2 heterocycles. The molecule has 0 aliphatic carbocycles. The lowest BCUT2D eigenvalue weighted by Crippen LogP contribution is -2.66. The van der Waals surface area contributed by atoms with E-state index in [1.54, 1.807) is 0 Å². The fourth-order valence-electron chi connectivity index (χ4n) is 4.97. The molecule has 0 unspecified atom stereocenters. The number of esters is 6. The number of hydrogen-bond donors (Lipinski definition) is 0. The molecule has 0 radical (unpaired) electrons. The first-order chi connectivity index (χ1) is 22.8. The molecular weight excluding hydrogens is 674 g/mol. The van der Waals surface area contributed by atoms with Crippen LogP contribution >= 0.6 is 0 Å². The highest BCUT2D eigenvalue weighted by molar-refractivity contribution is 6.76. The summed E-state index contributed by atoms with van der Waals surface area (Å²) in [5.41, 5.74) is 9.59. The minimum atomic E-state index is -1.75. The lowest BCUT2D eigenvalue weighted by atomic mass is 9.95. The standard InChI is InChI=1S/C29H45N3O16Si/c1-14(33)40-12-20-23(42-16(3)35)25(22(31-32-30)28(46-20)39-10-11-49(7,8)9)48-29-27(45-19(6)38)26(44-18(5)37)24(43-17(4)36)21(47-29)13-41-15(2)34/h20-29H,10-13H2,1-9H3/t20-,21-,22-,23+,24+,25-,26+,27-,28-,29+/m1/s1. The average Bonchev–Trinajstić information content (AvgIpc) is 2.95. The molecule has 0 saturated carbocycles. The van der Waals surface area contributed by atoms with Gasteiger partial charge in [0, 0.05) is 61.1 Å². The smallest absolute Gasteiger partial charge is 0.303 e. The van der Waals surface area contributed by atoms with Crippen molar-refractivity contribution in [2.24, 2.45) is 5.11 Å². The molecule has 0 spiro atoms. The summed E-state index contributed by atoms with van der Waals surface area (Å²) in [5.74, 6) is -4.85. The van der Waals surface area contributed by atoms with Gasteiger partial charge in [0.1, 0.15) is 37.6 Å². The highest BCUT2D eigenvalue weighted by atomic mass is 28.3. The summed E-state index contributed by atoms with van der Waals surface area (Å²) in [7, 11) is -1.64. The molecule has 49 heavy (non-hydrogen) atoms. The molecule has 0 N–H and O–H groups in total. The number of azide groups is 1. The Morgan fingerprint density at radius 2 is 1.06 bits per heavy atom. The highest BCUT2D eigenvalue weighted by Crippen LogP contribution is 2.36. The molecule has 0 aromatic heterocycles. The first-order valence-electron chi connectivity index (χ1n) is 15.4. The third-order valence-electron chi connectivity index (χ3n) is 6.93. The molecule has 2 fully saturated rings. The van der Waals surface area contributed by atoms with Crippen molar-refractivity contribution in [3.05, 3.63) is 10.4 Å². The molecule has 19 nitrogen and oxygen atoms in total. The lowest BCUT2D eigenvalue weighted by Gasteiger charge is -2.48. The largest absolute Gasteiger partial charge is 0.463 e. The van der Waals surface area contributed by atoms with Gasteiger partial charge in [-0.05, 0) is 11.6 Å². The van der Waals surface area contributed by atoms with Crippen LogP contribution in [0.15, 0.2) is 5.11 Å². The van der Waals surface area contributed by atoms with E-state index >= 15 is 0 Å². The lowest BCUT2D eigenvalue weighted by molar-refractivity contribution is -0.345. The van der Waals surface area contributed by atoms with Gasteiger partial charge in [0.25, 0.3) is 0 Å². The predicted octanol–water partition coefficient (Wildman–Crippen LogP) is 1.71. The molecular formula is C29H45N3O16Si. The van der Waals surface area contributed by atoms with Gasteiger partial charge in [-0.1, -0.05) is 24.8 Å². The summed E-state index contributed by atoms with van der Waals surface area (Å²) in [5, 5.41) is 3.83. The van der Waals surface area contributed by atoms with Gasteiger partial charge in [0.05, 0.1) is 0 Å². The van der Waals surface area contributed by atoms with E-state index in [2.05, 4.69) is 29.7 Å². The van der Waals surface area contributed by atoms with Crippen LogP contribution in [0.4, 0.5) is 0 Å². The van der Waals surface area contributed by atoms with E-state index in [1.807, 2.05) is 0 Å². The van der Waals surface area contributed by atoms with E-state index in [1.165, 1.54) is 0 Å². The fraction of sp³-hybridized carbons (Fsp3) is 0.793. The molecule has 276 valence electrons. The predicted molar refractivity (Wildman–Crippen MR) is 165 cm³/mol. The van der Waals surface area contributed by atoms with Gasteiger partial charge in [-0.25, -0.2) is 0 Å². The number of carbonyl (C=O) groups is 6. The summed E-state index contributed by atoms with van der Waals surface area (Å²) in [6, 6.07) is -0.736. The van der Waals surface area contributed by atoms with Crippen molar-refractivity contribution in [1.29, 1.82) is 0 Å². The minimum absolute atomic E-state index is 0.169. The second kappa shape index (κ2) is 18.8. The van der Waals surface area contributed by atoms with Crippen LogP contribution in [0.1, 0.15) is 41.5 Å². The van der Waals surface area contributed by atoms with Crippen LogP contribution in [-0.2, 0) is 76.1 Å². The molecule has 0 aromatic rings. The Morgan fingerprint density at radius 3 is 1.49 bits per heavy atom. The summed E-state index contributed by atoms with van der Waals surface area (Å²) in [4.78, 5) is 75.6. The molecule has 2 aliphatic rings. The Balaban J connectivity index is 2.72. The zero-order valence-electron chi connectivity index (χ0n) is 29.0. The summed E-state index contributed by atoms with van der Waals surface area (Å²) in [6.45, 7) is 12.0. The van der Waals surface area contributed by atoms with Crippen LogP contribution < -0.4 is 0 Å². The Bertz CT molecular complexity index is 1250. The maximum absolute atomic E-state index is 12.4. The molecule has 10 atom stereocenters. The molecule has 20 heteroatoms. The zero-order valence-corrected chi connectivity index (χ0v) is 30.0. The van der Waals surface area contributed by atoms with E-state index in [-0.39, 0.29) is 6.61 Å². The van der Waals surface area contributed by atoms with Crippen LogP contribution in [-0.4, -0.2) is 125 Å². The van der Waals surface area contributed by atoms with Crippen LogP contribution in [0, 0.1) is 0 Å². The van der Waals surface area contributed by atoms with E-state index in [4.69, 9.17) is 47.4 Å². The normalized spacial score (nSPS) is 29.7. The van der Waals surface area contributed by atoms with Gasteiger partial charge in [0.2, 0.25) is 0 Å². The van der Waals surface area contributed by atoms with E-state index in [0.717, 1.165) is 41.5 Å². The number of carbonyl (C=O) groups excluding carboxylic acids is 6. The van der Waals surface area contributed by atoms with Crippen molar-refractivity contribution in [2.75, 3.05) is 19.8 Å². The average molecular weight is 720 g/mol. The first kappa shape index (κ1) is 41.4. The maximum Gasteiger partial charge on any atom is 0.303 e. The quantitative estimate of drug-likeness (QED) is 0.0584. The van der Waals surface area contributed by atoms with E-state index in [9.17, 15) is 34.3 Å². The number of rotatable bonds is 15. The maximum atomic E-state index is 12.4. The zero-order chi connectivity index (χ0) is 37.1. The van der Waals surface area contributed by atoms with Crippen molar-refractivity contribution in [1.82, 2.24) is 0 Å². The highest BCUT2D eigenvalue weighted by Gasteiger charge is 2.57. The van der Waals surface area contributed by atoms with Crippen LogP contribution in [0.2, 0.25) is 25.7 Å².